The molecular weight excluding hydrogens is 351 g/mol. The Balaban J connectivity index is 2.47. The third-order valence-corrected chi connectivity index (χ3v) is 3.28. The number of pyridine rings is 2. The van der Waals surface area contributed by atoms with Crippen molar-refractivity contribution in [1.29, 1.82) is 5.26 Å². The number of esters is 1. The smallest absolute Gasteiger partial charge is 0.418 e. The molecule has 0 spiro atoms. The number of carbonyl (C=O) groups excluding carboxylic acids is 2. The summed E-state index contributed by atoms with van der Waals surface area (Å²) in [7, 11) is 0. The van der Waals surface area contributed by atoms with Crippen molar-refractivity contribution in [3.63, 3.8) is 0 Å². The van der Waals surface area contributed by atoms with Crippen LogP contribution < -0.4 is 0 Å². The van der Waals surface area contributed by atoms with Crippen molar-refractivity contribution in [1.82, 2.24) is 9.97 Å². The normalized spacial score (nSPS) is 10.9. The van der Waals surface area contributed by atoms with Gasteiger partial charge in [-0.1, -0.05) is 0 Å². The van der Waals surface area contributed by atoms with E-state index in [1.54, 1.807) is 6.07 Å². The molecule has 0 unspecified atom stereocenters. The summed E-state index contributed by atoms with van der Waals surface area (Å²) < 4.78 is 44.0. The van der Waals surface area contributed by atoms with E-state index >= 15 is 0 Å². The molecule has 6 nitrogen and oxygen atoms in total. The number of carbonyl (C=O) groups is 2. The van der Waals surface area contributed by atoms with Crippen LogP contribution in [0.5, 0.6) is 0 Å². The van der Waals surface area contributed by atoms with E-state index < -0.39 is 35.6 Å². The Morgan fingerprint density at radius 3 is 2.62 bits per heavy atom. The van der Waals surface area contributed by atoms with Crippen LogP contribution in [0, 0.1) is 11.3 Å². The molecule has 134 valence electrons. The van der Waals surface area contributed by atoms with Gasteiger partial charge < -0.3 is 4.74 Å². The number of ether oxygens (including phenoxy) is 1. The van der Waals surface area contributed by atoms with Crippen molar-refractivity contribution >= 4 is 11.8 Å². The minimum Gasteiger partial charge on any atom is -0.460 e. The van der Waals surface area contributed by atoms with E-state index in [4.69, 9.17) is 5.26 Å². The van der Waals surface area contributed by atoms with Crippen LogP contribution >= 0.6 is 0 Å². The maximum absolute atomic E-state index is 13.1. The minimum absolute atomic E-state index is 0.00791. The monoisotopic (exact) mass is 363 g/mol. The summed E-state index contributed by atoms with van der Waals surface area (Å²) in [4.78, 5) is 30.9. The molecule has 0 fully saturated rings. The third-order valence-electron chi connectivity index (χ3n) is 3.28. The van der Waals surface area contributed by atoms with Crippen molar-refractivity contribution < 1.29 is 27.5 Å². The van der Waals surface area contributed by atoms with E-state index in [-0.39, 0.29) is 23.6 Å². The topological polar surface area (TPSA) is 92.9 Å². The average Bonchev–Trinajstić information content (AvgIpc) is 2.61. The molecule has 0 aliphatic rings. The predicted molar refractivity (Wildman–Crippen MR) is 82.5 cm³/mol. The fourth-order valence-electron chi connectivity index (χ4n) is 2.14. The number of aromatic nitrogens is 2. The van der Waals surface area contributed by atoms with E-state index in [9.17, 15) is 22.8 Å². The molecule has 0 saturated heterocycles. The lowest BCUT2D eigenvalue weighted by Gasteiger charge is -2.12. The lowest BCUT2D eigenvalue weighted by atomic mass is 10.1. The van der Waals surface area contributed by atoms with Gasteiger partial charge in [-0.05, 0) is 31.2 Å². The number of hydrogen-bond acceptors (Lipinski definition) is 6. The summed E-state index contributed by atoms with van der Waals surface area (Å²) >= 11 is 0. The molecule has 0 saturated carbocycles. The van der Waals surface area contributed by atoms with Crippen molar-refractivity contribution in [3.05, 3.63) is 47.3 Å². The van der Waals surface area contributed by atoms with E-state index in [2.05, 4.69) is 14.7 Å². The van der Waals surface area contributed by atoms with Crippen LogP contribution in [0.3, 0.4) is 0 Å². The SMILES string of the molecule is CCOC(=O)C(=O)Cc1nc(-c2ncccc2C(F)(F)F)ccc1C#N. The Morgan fingerprint density at radius 2 is 2.00 bits per heavy atom. The number of halogens is 3. The number of nitrogens with zero attached hydrogens (tertiary/aromatic N) is 3. The first-order valence-electron chi connectivity index (χ1n) is 7.40. The Kier molecular flexibility index (Phi) is 5.67. The van der Waals surface area contributed by atoms with Crippen LogP contribution in [-0.2, 0) is 26.9 Å². The molecular formula is C17H12F3N3O3. The average molecular weight is 363 g/mol. The van der Waals surface area contributed by atoms with E-state index in [0.717, 1.165) is 12.1 Å². The molecule has 2 aromatic heterocycles. The molecule has 0 radical (unpaired) electrons. The van der Waals surface area contributed by atoms with Gasteiger partial charge in [0.15, 0.2) is 0 Å². The highest BCUT2D eigenvalue weighted by atomic mass is 19.4. The van der Waals surface area contributed by atoms with E-state index in [1.807, 2.05) is 0 Å². The summed E-state index contributed by atoms with van der Waals surface area (Å²) in [6, 6.07) is 6.21. The molecule has 9 heteroatoms. The molecule has 0 aliphatic carbocycles. The molecule has 2 aromatic rings. The van der Waals surface area contributed by atoms with E-state index in [1.165, 1.54) is 25.3 Å². The van der Waals surface area contributed by atoms with Crippen LogP contribution in [0.25, 0.3) is 11.4 Å². The summed E-state index contributed by atoms with van der Waals surface area (Å²) in [5, 5.41) is 9.11. The second-order valence-corrected chi connectivity index (χ2v) is 5.02. The first kappa shape index (κ1) is 19.1. The zero-order chi connectivity index (χ0) is 19.3. The highest BCUT2D eigenvalue weighted by Crippen LogP contribution is 2.35. The molecule has 0 amide bonds. The maximum atomic E-state index is 13.1. The highest BCUT2D eigenvalue weighted by molar-refractivity contribution is 6.34. The number of alkyl halides is 3. The van der Waals surface area contributed by atoms with Crippen molar-refractivity contribution in [2.24, 2.45) is 0 Å². The zero-order valence-corrected chi connectivity index (χ0v) is 13.5. The van der Waals surface area contributed by atoms with E-state index in [0.29, 0.717) is 0 Å². The van der Waals surface area contributed by atoms with Gasteiger partial charge in [0.25, 0.3) is 0 Å². The van der Waals surface area contributed by atoms with Gasteiger partial charge >= 0.3 is 12.1 Å². The van der Waals surface area contributed by atoms with Gasteiger partial charge in [0.1, 0.15) is 11.8 Å². The van der Waals surface area contributed by atoms with Gasteiger partial charge in [-0.25, -0.2) is 9.78 Å². The number of hydrogen-bond donors (Lipinski definition) is 0. The summed E-state index contributed by atoms with van der Waals surface area (Å²) in [5.41, 5.74) is -1.75. The Hall–Kier alpha value is -3.28. The van der Waals surface area contributed by atoms with Gasteiger partial charge in [0.2, 0.25) is 5.78 Å². The zero-order valence-electron chi connectivity index (χ0n) is 13.5. The predicted octanol–water partition coefficient (Wildman–Crippen LogP) is 2.71. The summed E-state index contributed by atoms with van der Waals surface area (Å²) in [6.07, 6.45) is -4.04. The molecule has 0 aromatic carbocycles. The molecule has 2 heterocycles. The Labute approximate surface area is 146 Å². The number of rotatable bonds is 5. The Bertz CT molecular complexity index is 889. The molecule has 2 rings (SSSR count). The van der Waals surface area contributed by atoms with Crippen molar-refractivity contribution in [3.8, 4) is 17.5 Å². The largest absolute Gasteiger partial charge is 0.460 e. The third kappa shape index (κ3) is 4.22. The first-order chi connectivity index (χ1) is 12.3. The van der Waals surface area contributed by atoms with Gasteiger partial charge in [0, 0.05) is 6.20 Å². The summed E-state index contributed by atoms with van der Waals surface area (Å²) in [5.74, 6) is -2.05. The highest BCUT2D eigenvalue weighted by Gasteiger charge is 2.34. The number of ketones is 1. The first-order valence-corrected chi connectivity index (χ1v) is 7.40. The van der Waals surface area contributed by atoms with Crippen molar-refractivity contribution in [2.75, 3.05) is 6.61 Å². The standard InChI is InChI=1S/C17H12F3N3O3/c1-2-26-16(25)14(24)8-13-10(9-21)5-6-12(23-13)15-11(17(18,19)20)4-3-7-22-15/h3-7H,2,8H2,1H3. The van der Waals surface area contributed by atoms with Gasteiger partial charge in [0.05, 0.1) is 35.5 Å². The van der Waals surface area contributed by atoms with Gasteiger partial charge in [-0.15, -0.1) is 0 Å². The maximum Gasteiger partial charge on any atom is 0.418 e. The molecule has 0 atom stereocenters. The summed E-state index contributed by atoms with van der Waals surface area (Å²) in [6.45, 7) is 1.51. The molecule has 26 heavy (non-hydrogen) atoms. The lowest BCUT2D eigenvalue weighted by Crippen LogP contribution is -2.20. The lowest BCUT2D eigenvalue weighted by molar-refractivity contribution is -0.153. The van der Waals surface area contributed by atoms with Crippen molar-refractivity contribution in [2.45, 2.75) is 19.5 Å². The molecule has 0 N–H and O–H groups in total. The van der Waals surface area contributed by atoms with Crippen LogP contribution in [0.15, 0.2) is 30.5 Å². The minimum atomic E-state index is -4.65. The molecule has 0 aliphatic heterocycles. The second-order valence-electron chi connectivity index (χ2n) is 5.02. The van der Waals surface area contributed by atoms with Gasteiger partial charge in [-0.2, -0.15) is 18.4 Å². The molecule has 0 bridgehead atoms. The number of nitriles is 1. The van der Waals surface area contributed by atoms with Crippen LogP contribution in [0.1, 0.15) is 23.7 Å². The Morgan fingerprint density at radius 1 is 1.27 bits per heavy atom. The van der Waals surface area contributed by atoms with Crippen LogP contribution in [0.2, 0.25) is 0 Å². The fraction of sp³-hybridized carbons (Fsp3) is 0.235. The second kappa shape index (κ2) is 7.74. The fourth-order valence-corrected chi connectivity index (χ4v) is 2.14. The van der Waals surface area contributed by atoms with Gasteiger partial charge in [-0.3, -0.25) is 9.78 Å². The number of Topliss-reactive ketones (excluding diaryl/α,β-unsaturated/α-hetero) is 1. The van der Waals surface area contributed by atoms with Crippen LogP contribution in [0.4, 0.5) is 13.2 Å². The quantitative estimate of drug-likeness (QED) is 0.599. The van der Waals surface area contributed by atoms with Crippen LogP contribution in [-0.4, -0.2) is 28.3 Å².